The van der Waals surface area contributed by atoms with Gasteiger partial charge >= 0.3 is 0 Å². The lowest BCUT2D eigenvalue weighted by Crippen LogP contribution is -2.43. The van der Waals surface area contributed by atoms with E-state index in [1.54, 1.807) is 0 Å². The molecule has 0 aromatic rings. The van der Waals surface area contributed by atoms with Gasteiger partial charge < -0.3 is 0 Å². The van der Waals surface area contributed by atoms with Gasteiger partial charge in [0.25, 0.3) is 0 Å². The molecular weight excluding hydrogens is 192 g/mol. The Labute approximate surface area is 92.5 Å². The van der Waals surface area contributed by atoms with Crippen molar-refractivity contribution in [2.45, 2.75) is 45.4 Å². The van der Waals surface area contributed by atoms with Crippen molar-refractivity contribution in [3.8, 4) is 6.07 Å². The molecule has 0 aliphatic heterocycles. The van der Waals surface area contributed by atoms with Gasteiger partial charge in [0.2, 0.25) is 0 Å². The van der Waals surface area contributed by atoms with E-state index in [1.165, 1.54) is 0 Å². The molecule has 0 fully saturated rings. The summed E-state index contributed by atoms with van der Waals surface area (Å²) in [6, 6.07) is 2.34. The minimum atomic E-state index is -0.372. The molecule has 0 rings (SSSR count). The third kappa shape index (κ3) is 4.88. The molecule has 3 heteroatoms. The molecule has 0 bridgehead atoms. The van der Waals surface area contributed by atoms with Gasteiger partial charge in [0.1, 0.15) is 5.54 Å². The van der Waals surface area contributed by atoms with Gasteiger partial charge in [-0.05, 0) is 19.4 Å². The molecule has 0 saturated carbocycles. The predicted molar refractivity (Wildman–Crippen MR) is 64.5 cm³/mol. The fourth-order valence-electron chi connectivity index (χ4n) is 1.00. The Bertz CT molecular complexity index is 198. The fourth-order valence-corrected chi connectivity index (χ4v) is 2.15. The van der Waals surface area contributed by atoms with E-state index in [-0.39, 0.29) is 5.54 Å². The first kappa shape index (κ1) is 13.8. The average molecular weight is 214 g/mol. The van der Waals surface area contributed by atoms with E-state index < -0.39 is 0 Å². The lowest BCUT2D eigenvalue weighted by atomic mass is 10.1. The van der Waals surface area contributed by atoms with Crippen molar-refractivity contribution in [3.05, 3.63) is 0 Å². The van der Waals surface area contributed by atoms with Crippen molar-refractivity contribution in [1.82, 2.24) is 5.32 Å². The summed E-state index contributed by atoms with van der Waals surface area (Å²) in [5.74, 6) is 1.53. The van der Waals surface area contributed by atoms with Crippen LogP contribution in [-0.2, 0) is 0 Å². The molecule has 0 spiro atoms. The van der Waals surface area contributed by atoms with Crippen molar-refractivity contribution in [3.63, 3.8) is 0 Å². The van der Waals surface area contributed by atoms with Gasteiger partial charge in [-0.2, -0.15) is 17.0 Å². The van der Waals surface area contributed by atoms with Crippen molar-refractivity contribution in [1.29, 1.82) is 5.26 Å². The maximum Gasteiger partial charge on any atom is 0.113 e. The first-order valence-electron chi connectivity index (χ1n) is 5.23. The zero-order chi connectivity index (χ0) is 11.2. The van der Waals surface area contributed by atoms with Crippen molar-refractivity contribution >= 4 is 11.8 Å². The molecule has 0 amide bonds. The smallest absolute Gasteiger partial charge is 0.113 e. The second-order valence-corrected chi connectivity index (χ2v) is 5.60. The molecular formula is C11H22N2S. The summed E-state index contributed by atoms with van der Waals surface area (Å²) in [6.07, 6.45) is 0. The summed E-state index contributed by atoms with van der Waals surface area (Å²) < 4.78 is 0. The molecule has 0 radical (unpaired) electrons. The largest absolute Gasteiger partial charge is 0.299 e. The molecule has 82 valence electrons. The molecule has 1 N–H and O–H groups in total. The third-order valence-corrected chi connectivity index (χ3v) is 4.20. The van der Waals surface area contributed by atoms with Crippen LogP contribution in [0.2, 0.25) is 0 Å². The summed E-state index contributed by atoms with van der Waals surface area (Å²) in [6.45, 7) is 11.5. The third-order valence-electron chi connectivity index (χ3n) is 2.39. The highest BCUT2D eigenvalue weighted by atomic mass is 32.2. The fraction of sp³-hybridized carbons (Fsp3) is 0.909. The van der Waals surface area contributed by atoms with E-state index in [4.69, 9.17) is 5.26 Å². The standard InChI is InChI=1S/C11H22N2S/c1-6-13-11(5,7-12)8-14-10(4)9(2)3/h9-10,13H,6,8H2,1-5H3. The Balaban J connectivity index is 4.02. The monoisotopic (exact) mass is 214 g/mol. The van der Waals surface area contributed by atoms with Gasteiger partial charge in [-0.3, -0.25) is 5.32 Å². The van der Waals surface area contributed by atoms with Crippen LogP contribution in [0.4, 0.5) is 0 Å². The van der Waals surface area contributed by atoms with E-state index in [0.717, 1.165) is 12.3 Å². The maximum atomic E-state index is 9.04. The number of rotatable bonds is 6. The van der Waals surface area contributed by atoms with Gasteiger partial charge in [0.15, 0.2) is 0 Å². The minimum Gasteiger partial charge on any atom is -0.299 e. The van der Waals surface area contributed by atoms with Crippen LogP contribution in [0.5, 0.6) is 0 Å². The SMILES string of the molecule is CCNC(C)(C#N)CSC(C)C(C)C. The van der Waals surface area contributed by atoms with E-state index in [1.807, 2.05) is 25.6 Å². The minimum absolute atomic E-state index is 0.372. The van der Waals surface area contributed by atoms with Crippen LogP contribution in [0.15, 0.2) is 0 Å². The van der Waals surface area contributed by atoms with Crippen molar-refractivity contribution in [2.24, 2.45) is 5.92 Å². The van der Waals surface area contributed by atoms with Gasteiger partial charge in [0.05, 0.1) is 6.07 Å². The van der Waals surface area contributed by atoms with E-state index in [0.29, 0.717) is 11.2 Å². The first-order chi connectivity index (χ1) is 6.45. The van der Waals surface area contributed by atoms with Crippen LogP contribution in [0.1, 0.15) is 34.6 Å². The summed E-state index contributed by atoms with van der Waals surface area (Å²) in [5, 5.41) is 12.9. The molecule has 14 heavy (non-hydrogen) atoms. The molecule has 2 unspecified atom stereocenters. The second kappa shape index (κ2) is 6.31. The summed E-state index contributed by atoms with van der Waals surface area (Å²) >= 11 is 1.87. The lowest BCUT2D eigenvalue weighted by Gasteiger charge is -2.25. The molecule has 0 aliphatic carbocycles. The molecule has 0 saturated heterocycles. The van der Waals surface area contributed by atoms with E-state index >= 15 is 0 Å². The second-order valence-electron chi connectivity index (χ2n) is 4.23. The van der Waals surface area contributed by atoms with Crippen LogP contribution in [0, 0.1) is 17.2 Å². The van der Waals surface area contributed by atoms with Crippen LogP contribution in [-0.4, -0.2) is 23.1 Å². The summed E-state index contributed by atoms with van der Waals surface area (Å²) in [7, 11) is 0. The normalized spacial score (nSPS) is 17.5. The maximum absolute atomic E-state index is 9.04. The zero-order valence-electron chi connectivity index (χ0n) is 9.92. The van der Waals surface area contributed by atoms with Crippen LogP contribution in [0.3, 0.4) is 0 Å². The van der Waals surface area contributed by atoms with Gasteiger partial charge in [0, 0.05) is 11.0 Å². The number of hydrogen-bond donors (Lipinski definition) is 1. The lowest BCUT2D eigenvalue weighted by molar-refractivity contribution is 0.509. The number of thioether (sulfide) groups is 1. The average Bonchev–Trinajstić information content (AvgIpc) is 2.14. The molecule has 0 aliphatic rings. The highest BCUT2D eigenvalue weighted by Gasteiger charge is 2.23. The Hall–Kier alpha value is -0.200. The number of nitrogens with one attached hydrogen (secondary N) is 1. The highest BCUT2D eigenvalue weighted by Crippen LogP contribution is 2.22. The summed E-state index contributed by atoms with van der Waals surface area (Å²) in [5.41, 5.74) is -0.372. The highest BCUT2D eigenvalue weighted by molar-refractivity contribution is 7.99. The number of nitrogens with zero attached hydrogens (tertiary/aromatic N) is 1. The predicted octanol–water partition coefficient (Wildman–Crippen LogP) is 2.66. The molecule has 2 atom stereocenters. The van der Waals surface area contributed by atoms with Gasteiger partial charge in [-0.25, -0.2) is 0 Å². The molecule has 2 nitrogen and oxygen atoms in total. The van der Waals surface area contributed by atoms with Crippen LogP contribution < -0.4 is 5.32 Å². The van der Waals surface area contributed by atoms with Crippen molar-refractivity contribution < 1.29 is 0 Å². The van der Waals surface area contributed by atoms with E-state index in [9.17, 15) is 0 Å². The Morgan fingerprint density at radius 2 is 2.00 bits per heavy atom. The van der Waals surface area contributed by atoms with Gasteiger partial charge in [-0.15, -0.1) is 0 Å². The number of hydrogen-bond acceptors (Lipinski definition) is 3. The molecule has 0 aromatic carbocycles. The van der Waals surface area contributed by atoms with E-state index in [2.05, 4.69) is 32.2 Å². The zero-order valence-corrected chi connectivity index (χ0v) is 10.7. The Morgan fingerprint density at radius 1 is 1.43 bits per heavy atom. The molecule has 0 heterocycles. The topological polar surface area (TPSA) is 35.8 Å². The summed E-state index contributed by atoms with van der Waals surface area (Å²) in [4.78, 5) is 0. The quantitative estimate of drug-likeness (QED) is 0.738. The molecule has 0 aromatic heterocycles. The van der Waals surface area contributed by atoms with Crippen molar-refractivity contribution in [2.75, 3.05) is 12.3 Å². The van der Waals surface area contributed by atoms with Crippen LogP contribution >= 0.6 is 11.8 Å². The first-order valence-corrected chi connectivity index (χ1v) is 6.28. The number of nitriles is 1. The Morgan fingerprint density at radius 3 is 2.36 bits per heavy atom. The Kier molecular flexibility index (Phi) is 6.22. The van der Waals surface area contributed by atoms with Gasteiger partial charge in [-0.1, -0.05) is 27.7 Å². The van der Waals surface area contributed by atoms with Crippen LogP contribution in [0.25, 0.3) is 0 Å².